The molecule has 5 heteroatoms. The number of nitrogens with zero attached hydrogens (tertiary/aromatic N) is 3. The van der Waals surface area contributed by atoms with Gasteiger partial charge in [0.1, 0.15) is 5.03 Å². The summed E-state index contributed by atoms with van der Waals surface area (Å²) in [4.78, 5) is 2.13. The van der Waals surface area contributed by atoms with Crippen molar-refractivity contribution in [2.24, 2.45) is 5.14 Å². The Morgan fingerprint density at radius 1 is 1.64 bits per heavy atom. The van der Waals surface area contributed by atoms with Crippen LogP contribution in [0.1, 0.15) is 6.92 Å². The maximum absolute atomic E-state index is 5.85. The number of hydrogen-bond donors (Lipinski definition) is 1. The molecule has 2 N–H and O–H groups in total. The molecule has 0 spiro atoms. The molecule has 0 aromatic carbocycles. The summed E-state index contributed by atoms with van der Waals surface area (Å²) in [5, 5.41) is 13.2. The summed E-state index contributed by atoms with van der Waals surface area (Å²) >= 11 is 0. The lowest BCUT2D eigenvalue weighted by atomic mass is 10.6. The molecule has 0 saturated heterocycles. The van der Waals surface area contributed by atoms with E-state index in [9.17, 15) is 0 Å². The van der Waals surface area contributed by atoms with Crippen molar-refractivity contribution < 1.29 is 0 Å². The van der Waals surface area contributed by atoms with Crippen LogP contribution in [0.3, 0.4) is 0 Å². The van der Waals surface area contributed by atoms with Gasteiger partial charge in [0.25, 0.3) is 0 Å². The first kappa shape index (κ1) is 11.4. The molecule has 0 bridgehead atoms. The van der Waals surface area contributed by atoms with Gasteiger partial charge in [-0.3, -0.25) is 9.82 Å². The third-order valence-electron chi connectivity index (χ3n) is 1.89. The largest absolute Gasteiger partial charge is 0.308 e. The van der Waals surface area contributed by atoms with Gasteiger partial charge < -0.3 is 4.90 Å². The van der Waals surface area contributed by atoms with Gasteiger partial charge in [-0.05, 0) is 32.5 Å². The summed E-state index contributed by atoms with van der Waals surface area (Å²) in [5.41, 5.74) is 0. The van der Waals surface area contributed by atoms with Gasteiger partial charge in [0.2, 0.25) is 0 Å². The minimum Gasteiger partial charge on any atom is -0.308 e. The Hall–Kier alpha value is -0.650. The molecule has 1 aromatic rings. The van der Waals surface area contributed by atoms with Crippen LogP contribution < -0.4 is 5.14 Å². The van der Waals surface area contributed by atoms with Crippen molar-refractivity contribution in [1.29, 1.82) is 0 Å². The van der Waals surface area contributed by atoms with E-state index in [4.69, 9.17) is 5.14 Å². The minimum absolute atomic E-state index is 0.304. The summed E-state index contributed by atoms with van der Waals surface area (Å²) in [6, 6.07) is 1.98. The Kier molecular flexibility index (Phi) is 4.31. The zero-order valence-corrected chi connectivity index (χ0v) is 9.79. The number of aromatic nitrogens is 2. The average molecular weight is 214 g/mol. The molecule has 1 unspecified atom stereocenters. The molecule has 0 aliphatic carbocycles. The van der Waals surface area contributed by atoms with E-state index in [1.807, 2.05) is 29.2 Å². The quantitative estimate of drug-likeness (QED) is 0.753. The lowest BCUT2D eigenvalue weighted by molar-refractivity contribution is 0.371. The maximum Gasteiger partial charge on any atom is 0.126 e. The van der Waals surface area contributed by atoms with Gasteiger partial charge in [0.15, 0.2) is 0 Å². The van der Waals surface area contributed by atoms with Gasteiger partial charge in [-0.1, -0.05) is 10.7 Å². The zero-order valence-electron chi connectivity index (χ0n) is 8.97. The highest BCUT2D eigenvalue weighted by molar-refractivity contribution is 8.12. The van der Waals surface area contributed by atoms with Crippen LogP contribution in [0.2, 0.25) is 0 Å². The van der Waals surface area contributed by atoms with Crippen molar-refractivity contribution >= 4 is 16.0 Å². The van der Waals surface area contributed by atoms with Crippen molar-refractivity contribution in [3.63, 3.8) is 0 Å². The molecular formula is C9H18N4S. The molecule has 14 heavy (non-hydrogen) atoms. The van der Waals surface area contributed by atoms with Crippen LogP contribution in [-0.4, -0.2) is 40.7 Å². The van der Waals surface area contributed by atoms with Crippen LogP contribution >= 0.6 is 10.7 Å². The molecule has 0 aliphatic rings. The highest BCUT2D eigenvalue weighted by Gasteiger charge is 1.99. The van der Waals surface area contributed by atoms with E-state index in [1.165, 1.54) is 0 Å². The highest BCUT2D eigenvalue weighted by atomic mass is 32.2. The Morgan fingerprint density at radius 2 is 2.36 bits per heavy atom. The molecule has 0 fully saturated rings. The van der Waals surface area contributed by atoms with Gasteiger partial charge in [0, 0.05) is 12.7 Å². The standard InChI is InChI=1S/C9H18N4S/c1-4-14(10)9-5-6-13(11-9)8-7-12(2)3/h4-6H,7-8,10H2,1-3H3. The SMILES string of the molecule is C/C=S(/N)c1ccn(CCN(C)C)n1. The normalized spacial score (nSPS) is 13.8. The number of nitrogens with two attached hydrogens (primary N) is 1. The first-order valence-corrected chi connectivity index (χ1v) is 5.93. The molecule has 0 aliphatic heterocycles. The predicted molar refractivity (Wildman–Crippen MR) is 62.6 cm³/mol. The Labute approximate surface area is 87.8 Å². The van der Waals surface area contributed by atoms with Crippen molar-refractivity contribution in [2.45, 2.75) is 18.5 Å². The fourth-order valence-electron chi connectivity index (χ4n) is 1.02. The van der Waals surface area contributed by atoms with Gasteiger partial charge in [-0.15, -0.1) is 0 Å². The van der Waals surface area contributed by atoms with E-state index in [2.05, 4.69) is 24.1 Å². The molecule has 1 aromatic heterocycles. The minimum atomic E-state index is -0.304. The van der Waals surface area contributed by atoms with Crippen LogP contribution in [0, 0.1) is 0 Å². The van der Waals surface area contributed by atoms with Crippen LogP contribution in [0.15, 0.2) is 17.3 Å². The number of likely N-dealkylation sites (N-methyl/N-ethyl adjacent to an activating group) is 1. The predicted octanol–water partition coefficient (Wildman–Crippen LogP) is 0.768. The lowest BCUT2D eigenvalue weighted by Crippen LogP contribution is -2.18. The summed E-state index contributed by atoms with van der Waals surface area (Å²) in [5.74, 6) is 0. The summed E-state index contributed by atoms with van der Waals surface area (Å²) in [6.07, 6.45) is 1.98. The monoisotopic (exact) mass is 214 g/mol. The molecule has 0 amide bonds. The highest BCUT2D eigenvalue weighted by Crippen LogP contribution is 2.14. The molecule has 1 atom stereocenters. The zero-order chi connectivity index (χ0) is 10.6. The number of rotatable bonds is 4. The molecule has 1 heterocycles. The first-order valence-electron chi connectivity index (χ1n) is 4.58. The fraction of sp³-hybridized carbons (Fsp3) is 0.556. The van der Waals surface area contributed by atoms with Crippen molar-refractivity contribution in [1.82, 2.24) is 14.7 Å². The molecule has 0 saturated carbocycles. The topological polar surface area (TPSA) is 47.1 Å². The average Bonchev–Trinajstić information content (AvgIpc) is 2.62. The Morgan fingerprint density at radius 3 is 2.93 bits per heavy atom. The molecular weight excluding hydrogens is 196 g/mol. The summed E-state index contributed by atoms with van der Waals surface area (Å²) in [6.45, 7) is 3.87. The van der Waals surface area contributed by atoms with Gasteiger partial charge >= 0.3 is 0 Å². The van der Waals surface area contributed by atoms with Crippen LogP contribution in [0.5, 0.6) is 0 Å². The van der Waals surface area contributed by atoms with Crippen molar-refractivity contribution in [3.05, 3.63) is 12.3 Å². The second-order valence-electron chi connectivity index (χ2n) is 3.33. The van der Waals surface area contributed by atoms with Crippen LogP contribution in [0.4, 0.5) is 0 Å². The third kappa shape index (κ3) is 3.25. The molecule has 80 valence electrons. The van der Waals surface area contributed by atoms with E-state index in [-0.39, 0.29) is 10.7 Å². The van der Waals surface area contributed by atoms with Crippen LogP contribution in [-0.2, 0) is 6.54 Å². The molecule has 1 rings (SSSR count). The molecule has 4 nitrogen and oxygen atoms in total. The Bertz CT molecular complexity index is 316. The van der Waals surface area contributed by atoms with E-state index >= 15 is 0 Å². The van der Waals surface area contributed by atoms with Crippen molar-refractivity contribution in [2.75, 3.05) is 20.6 Å². The van der Waals surface area contributed by atoms with Gasteiger partial charge in [0.05, 0.1) is 6.54 Å². The smallest absolute Gasteiger partial charge is 0.126 e. The van der Waals surface area contributed by atoms with Crippen LogP contribution in [0.25, 0.3) is 0 Å². The first-order chi connectivity index (χ1) is 6.63. The maximum atomic E-state index is 5.85. The summed E-state index contributed by atoms with van der Waals surface area (Å²) < 4.78 is 1.94. The van der Waals surface area contributed by atoms with E-state index in [1.54, 1.807) is 0 Å². The van der Waals surface area contributed by atoms with E-state index < -0.39 is 0 Å². The number of hydrogen-bond acceptors (Lipinski definition) is 3. The fourth-order valence-corrected chi connectivity index (χ4v) is 1.68. The second-order valence-corrected chi connectivity index (χ2v) is 4.96. The van der Waals surface area contributed by atoms with E-state index in [0.29, 0.717) is 0 Å². The lowest BCUT2D eigenvalue weighted by Gasteiger charge is -2.08. The van der Waals surface area contributed by atoms with E-state index in [0.717, 1.165) is 18.1 Å². The molecule has 0 radical (unpaired) electrons. The van der Waals surface area contributed by atoms with Gasteiger partial charge in [-0.25, -0.2) is 0 Å². The third-order valence-corrected chi connectivity index (χ3v) is 3.10. The van der Waals surface area contributed by atoms with Gasteiger partial charge in [-0.2, -0.15) is 5.10 Å². The Balaban J connectivity index is 2.60. The summed E-state index contributed by atoms with van der Waals surface area (Å²) in [7, 11) is 3.80. The second kappa shape index (κ2) is 5.29. The van der Waals surface area contributed by atoms with Crippen molar-refractivity contribution in [3.8, 4) is 0 Å².